The van der Waals surface area contributed by atoms with E-state index in [1.54, 1.807) is 36.4 Å². The Balaban J connectivity index is 1.83. The molecule has 1 N–H and O–H groups in total. The van der Waals surface area contributed by atoms with E-state index in [9.17, 15) is 4.79 Å². The normalized spacial score (nSPS) is 9.92. The number of benzene rings is 3. The minimum absolute atomic E-state index is 0.294. The summed E-state index contributed by atoms with van der Waals surface area (Å²) in [7, 11) is 0. The van der Waals surface area contributed by atoms with E-state index in [4.69, 9.17) is 10.00 Å². The van der Waals surface area contributed by atoms with Gasteiger partial charge >= 0.3 is 0 Å². The first kappa shape index (κ1) is 16.3. The van der Waals surface area contributed by atoms with Crippen molar-refractivity contribution in [3.63, 3.8) is 0 Å². The summed E-state index contributed by atoms with van der Waals surface area (Å²) in [6, 6.07) is 23.5. The highest BCUT2D eigenvalue weighted by atomic mass is 16.5. The van der Waals surface area contributed by atoms with Crippen LogP contribution in [-0.2, 0) is 0 Å². The average molecular weight is 328 g/mol. The van der Waals surface area contributed by atoms with Crippen LogP contribution in [0.2, 0.25) is 0 Å². The van der Waals surface area contributed by atoms with Crippen LogP contribution >= 0.6 is 0 Å². The van der Waals surface area contributed by atoms with Gasteiger partial charge in [-0.15, -0.1) is 0 Å². The van der Waals surface area contributed by atoms with Crippen molar-refractivity contribution in [2.24, 2.45) is 0 Å². The van der Waals surface area contributed by atoms with Crippen molar-refractivity contribution in [1.29, 1.82) is 5.26 Å². The second-order valence-electron chi connectivity index (χ2n) is 5.56. The summed E-state index contributed by atoms with van der Waals surface area (Å²) in [6.45, 7) is 1.99. The van der Waals surface area contributed by atoms with Gasteiger partial charge in [0.2, 0.25) is 0 Å². The van der Waals surface area contributed by atoms with Gasteiger partial charge in [-0.1, -0.05) is 30.3 Å². The minimum Gasteiger partial charge on any atom is -0.455 e. The number of hydrogen-bond donors (Lipinski definition) is 1. The average Bonchev–Trinajstić information content (AvgIpc) is 2.63. The van der Waals surface area contributed by atoms with Gasteiger partial charge in [0.05, 0.1) is 17.3 Å². The summed E-state index contributed by atoms with van der Waals surface area (Å²) < 4.78 is 5.90. The number of nitrogens with one attached hydrogen (secondary N) is 1. The monoisotopic (exact) mass is 328 g/mol. The molecule has 0 aromatic heterocycles. The number of hydrogen-bond acceptors (Lipinski definition) is 3. The van der Waals surface area contributed by atoms with Crippen LogP contribution in [0.5, 0.6) is 11.5 Å². The summed E-state index contributed by atoms with van der Waals surface area (Å²) in [5.41, 5.74) is 2.52. The number of nitrogens with zero attached hydrogens (tertiary/aromatic N) is 1. The van der Waals surface area contributed by atoms with Gasteiger partial charge in [-0.2, -0.15) is 5.26 Å². The smallest absolute Gasteiger partial charge is 0.255 e. The number of carbonyl (C=O) groups is 1. The molecule has 122 valence electrons. The Kier molecular flexibility index (Phi) is 4.77. The zero-order chi connectivity index (χ0) is 17.6. The second kappa shape index (κ2) is 7.33. The fourth-order valence-corrected chi connectivity index (χ4v) is 2.39. The largest absolute Gasteiger partial charge is 0.455 e. The Morgan fingerprint density at radius 1 is 1.00 bits per heavy atom. The summed E-state index contributed by atoms with van der Waals surface area (Å²) in [4.78, 5) is 12.5. The van der Waals surface area contributed by atoms with Crippen molar-refractivity contribution < 1.29 is 9.53 Å². The molecule has 3 rings (SSSR count). The van der Waals surface area contributed by atoms with Crippen molar-refractivity contribution in [2.75, 3.05) is 5.32 Å². The van der Waals surface area contributed by atoms with Gasteiger partial charge in [0, 0.05) is 5.56 Å². The van der Waals surface area contributed by atoms with Crippen molar-refractivity contribution >= 4 is 11.6 Å². The lowest BCUT2D eigenvalue weighted by molar-refractivity contribution is 0.102. The molecule has 25 heavy (non-hydrogen) atoms. The van der Waals surface area contributed by atoms with Gasteiger partial charge in [-0.25, -0.2) is 0 Å². The van der Waals surface area contributed by atoms with Gasteiger partial charge in [-0.05, 0) is 55.0 Å². The molecule has 0 aliphatic carbocycles. The summed E-state index contributed by atoms with van der Waals surface area (Å²) in [5, 5.41) is 11.8. The SMILES string of the molecule is Cc1cccc(Oc2ccccc2NC(=O)c2cccc(C#N)c2)c1. The van der Waals surface area contributed by atoms with Crippen molar-refractivity contribution in [2.45, 2.75) is 6.92 Å². The van der Waals surface area contributed by atoms with E-state index in [-0.39, 0.29) is 5.91 Å². The molecule has 0 radical (unpaired) electrons. The minimum atomic E-state index is -0.294. The molecule has 0 aliphatic rings. The predicted octanol–water partition coefficient (Wildman–Crippen LogP) is 4.91. The lowest BCUT2D eigenvalue weighted by Gasteiger charge is -2.12. The molecule has 0 saturated carbocycles. The van der Waals surface area contributed by atoms with E-state index in [1.807, 2.05) is 49.4 Å². The summed E-state index contributed by atoms with van der Waals surface area (Å²) in [6.07, 6.45) is 0. The number of amides is 1. The molecule has 0 aliphatic heterocycles. The third-order valence-electron chi connectivity index (χ3n) is 3.61. The number of ether oxygens (including phenoxy) is 1. The van der Waals surface area contributed by atoms with Crippen LogP contribution in [-0.4, -0.2) is 5.91 Å². The number of nitriles is 1. The zero-order valence-corrected chi connectivity index (χ0v) is 13.7. The Labute approximate surface area is 146 Å². The highest BCUT2D eigenvalue weighted by Gasteiger charge is 2.11. The van der Waals surface area contributed by atoms with E-state index < -0.39 is 0 Å². The standard InChI is InChI=1S/C21H16N2O2/c1-15-6-4-9-18(12-15)25-20-11-3-2-10-19(20)23-21(24)17-8-5-7-16(13-17)14-22/h2-13H,1H3,(H,23,24). The molecular weight excluding hydrogens is 312 g/mol. The first-order chi connectivity index (χ1) is 12.2. The molecule has 0 bridgehead atoms. The summed E-state index contributed by atoms with van der Waals surface area (Å²) in [5.74, 6) is 0.962. The van der Waals surface area contributed by atoms with Gasteiger partial charge < -0.3 is 10.1 Å². The zero-order valence-electron chi connectivity index (χ0n) is 13.7. The van der Waals surface area contributed by atoms with Crippen molar-refractivity contribution in [3.8, 4) is 17.6 Å². The van der Waals surface area contributed by atoms with Crippen molar-refractivity contribution in [3.05, 3.63) is 89.5 Å². The number of anilines is 1. The number of carbonyl (C=O) groups excluding carboxylic acids is 1. The third kappa shape index (κ3) is 4.04. The topological polar surface area (TPSA) is 62.1 Å². The maximum atomic E-state index is 12.5. The molecular formula is C21H16N2O2. The summed E-state index contributed by atoms with van der Waals surface area (Å²) >= 11 is 0. The molecule has 0 spiro atoms. The van der Waals surface area contributed by atoms with Crippen LogP contribution < -0.4 is 10.1 Å². The molecule has 0 fully saturated rings. The lowest BCUT2D eigenvalue weighted by Crippen LogP contribution is -2.12. The molecule has 3 aromatic carbocycles. The van der Waals surface area contributed by atoms with E-state index in [0.717, 1.165) is 5.56 Å². The fourth-order valence-electron chi connectivity index (χ4n) is 2.39. The van der Waals surface area contributed by atoms with Gasteiger partial charge in [0.25, 0.3) is 5.91 Å². The van der Waals surface area contributed by atoms with Gasteiger partial charge in [0.15, 0.2) is 5.75 Å². The van der Waals surface area contributed by atoms with E-state index in [2.05, 4.69) is 5.32 Å². The highest BCUT2D eigenvalue weighted by Crippen LogP contribution is 2.30. The predicted molar refractivity (Wildman–Crippen MR) is 96.8 cm³/mol. The Bertz CT molecular complexity index is 958. The van der Waals surface area contributed by atoms with Crippen LogP contribution in [0, 0.1) is 18.3 Å². The molecule has 0 unspecified atom stereocenters. The van der Waals surface area contributed by atoms with Gasteiger partial charge in [-0.3, -0.25) is 4.79 Å². The third-order valence-corrected chi connectivity index (χ3v) is 3.61. The Morgan fingerprint density at radius 2 is 1.80 bits per heavy atom. The molecule has 0 heterocycles. The maximum Gasteiger partial charge on any atom is 0.255 e. The van der Waals surface area contributed by atoms with E-state index in [0.29, 0.717) is 28.3 Å². The molecule has 0 saturated heterocycles. The van der Waals surface area contributed by atoms with Crippen LogP contribution in [0.1, 0.15) is 21.5 Å². The lowest BCUT2D eigenvalue weighted by atomic mass is 10.1. The van der Waals surface area contributed by atoms with E-state index >= 15 is 0 Å². The number of para-hydroxylation sites is 2. The van der Waals surface area contributed by atoms with Crippen molar-refractivity contribution in [1.82, 2.24) is 0 Å². The molecule has 1 amide bonds. The van der Waals surface area contributed by atoms with Gasteiger partial charge in [0.1, 0.15) is 5.75 Å². The van der Waals surface area contributed by atoms with Crippen LogP contribution in [0.15, 0.2) is 72.8 Å². The molecule has 3 aromatic rings. The van der Waals surface area contributed by atoms with E-state index in [1.165, 1.54) is 0 Å². The molecule has 4 nitrogen and oxygen atoms in total. The molecule has 4 heteroatoms. The Hall–Kier alpha value is -3.58. The molecule has 0 atom stereocenters. The number of aryl methyl sites for hydroxylation is 1. The Morgan fingerprint density at radius 3 is 2.60 bits per heavy atom. The number of rotatable bonds is 4. The van der Waals surface area contributed by atoms with Crippen LogP contribution in [0.3, 0.4) is 0 Å². The second-order valence-corrected chi connectivity index (χ2v) is 5.56. The van der Waals surface area contributed by atoms with Crippen LogP contribution in [0.4, 0.5) is 5.69 Å². The quantitative estimate of drug-likeness (QED) is 0.740. The first-order valence-electron chi connectivity index (χ1n) is 7.81. The fraction of sp³-hybridized carbons (Fsp3) is 0.0476. The maximum absolute atomic E-state index is 12.5. The highest BCUT2D eigenvalue weighted by molar-refractivity contribution is 6.05. The van der Waals surface area contributed by atoms with Crippen LogP contribution in [0.25, 0.3) is 0 Å². The first-order valence-corrected chi connectivity index (χ1v) is 7.81.